The molecular formula is C9H14O2S. The second-order valence-electron chi connectivity index (χ2n) is 2.38. The van der Waals surface area contributed by atoms with Gasteiger partial charge in [0.25, 0.3) is 0 Å². The van der Waals surface area contributed by atoms with E-state index in [4.69, 9.17) is 9.47 Å². The van der Waals surface area contributed by atoms with E-state index in [1.807, 2.05) is 26.2 Å². The predicted molar refractivity (Wildman–Crippen MR) is 51.4 cm³/mol. The lowest BCUT2D eigenvalue weighted by atomic mass is 10.3. The zero-order valence-electron chi connectivity index (χ0n) is 7.72. The molecule has 0 radical (unpaired) electrons. The summed E-state index contributed by atoms with van der Waals surface area (Å²) in [6.45, 7) is 7.42. The summed E-state index contributed by atoms with van der Waals surface area (Å²) in [5, 5.41) is 2.96. The van der Waals surface area contributed by atoms with Gasteiger partial charge in [0.15, 0.2) is 5.06 Å². The first kappa shape index (κ1) is 9.39. The summed E-state index contributed by atoms with van der Waals surface area (Å²) in [6, 6.07) is 0. The fourth-order valence-corrected chi connectivity index (χ4v) is 1.88. The number of hydrogen-bond donors (Lipinski definition) is 0. The molecule has 0 saturated heterocycles. The molecule has 3 heteroatoms. The monoisotopic (exact) mass is 186 g/mol. The molecule has 0 bridgehead atoms. The highest BCUT2D eigenvalue weighted by Gasteiger charge is 2.07. The van der Waals surface area contributed by atoms with Gasteiger partial charge in [0, 0.05) is 10.9 Å². The lowest BCUT2D eigenvalue weighted by molar-refractivity contribution is 0.328. The highest BCUT2D eigenvalue weighted by molar-refractivity contribution is 7.12. The van der Waals surface area contributed by atoms with Crippen LogP contribution >= 0.6 is 11.3 Å². The molecule has 0 amide bonds. The Balaban J connectivity index is 2.74. The summed E-state index contributed by atoms with van der Waals surface area (Å²) in [5.41, 5.74) is 1.11. The fourth-order valence-electron chi connectivity index (χ4n) is 0.956. The number of rotatable bonds is 4. The van der Waals surface area contributed by atoms with Gasteiger partial charge in [-0.05, 0) is 20.8 Å². The Labute approximate surface area is 77.1 Å². The lowest BCUT2D eigenvalue weighted by Gasteiger charge is -2.02. The van der Waals surface area contributed by atoms with Crippen LogP contribution < -0.4 is 9.47 Å². The molecule has 2 nitrogen and oxygen atoms in total. The van der Waals surface area contributed by atoms with E-state index in [0.717, 1.165) is 16.4 Å². The fraction of sp³-hybridized carbons (Fsp3) is 0.556. The summed E-state index contributed by atoms with van der Waals surface area (Å²) in [5.74, 6) is 0.950. The van der Waals surface area contributed by atoms with Crippen LogP contribution in [-0.2, 0) is 0 Å². The van der Waals surface area contributed by atoms with E-state index in [1.54, 1.807) is 11.3 Å². The minimum atomic E-state index is 0.711. The Morgan fingerprint density at radius 2 is 1.92 bits per heavy atom. The summed E-state index contributed by atoms with van der Waals surface area (Å²) in [7, 11) is 0. The smallest absolute Gasteiger partial charge is 0.180 e. The molecule has 0 N–H and O–H groups in total. The van der Waals surface area contributed by atoms with Gasteiger partial charge in [-0.2, -0.15) is 0 Å². The van der Waals surface area contributed by atoms with E-state index in [1.165, 1.54) is 0 Å². The predicted octanol–water partition coefficient (Wildman–Crippen LogP) is 2.85. The molecule has 1 rings (SSSR count). The van der Waals surface area contributed by atoms with Gasteiger partial charge in [-0.15, -0.1) is 11.3 Å². The topological polar surface area (TPSA) is 18.5 Å². The lowest BCUT2D eigenvalue weighted by Crippen LogP contribution is -1.93. The SMILES string of the molecule is CCOc1csc(OCC)c1C. The molecule has 0 aliphatic rings. The van der Waals surface area contributed by atoms with Crippen molar-refractivity contribution < 1.29 is 9.47 Å². The van der Waals surface area contributed by atoms with Crippen molar-refractivity contribution >= 4 is 11.3 Å². The maximum atomic E-state index is 5.40. The van der Waals surface area contributed by atoms with Crippen LogP contribution in [0.4, 0.5) is 0 Å². The first-order valence-electron chi connectivity index (χ1n) is 4.13. The van der Waals surface area contributed by atoms with Crippen molar-refractivity contribution in [2.45, 2.75) is 20.8 Å². The summed E-state index contributed by atoms with van der Waals surface area (Å²) < 4.78 is 10.8. The zero-order chi connectivity index (χ0) is 8.97. The minimum Gasteiger partial charge on any atom is -0.493 e. The van der Waals surface area contributed by atoms with Crippen LogP contribution in [0.25, 0.3) is 0 Å². The van der Waals surface area contributed by atoms with Crippen LogP contribution in [0, 0.1) is 6.92 Å². The molecular weight excluding hydrogens is 172 g/mol. The van der Waals surface area contributed by atoms with Gasteiger partial charge in [0.1, 0.15) is 5.75 Å². The molecule has 1 aromatic rings. The largest absolute Gasteiger partial charge is 0.493 e. The van der Waals surface area contributed by atoms with Crippen molar-refractivity contribution in [3.05, 3.63) is 10.9 Å². The van der Waals surface area contributed by atoms with Crippen LogP contribution in [0.2, 0.25) is 0 Å². The van der Waals surface area contributed by atoms with E-state index < -0.39 is 0 Å². The molecule has 0 aromatic carbocycles. The van der Waals surface area contributed by atoms with E-state index in [0.29, 0.717) is 13.2 Å². The summed E-state index contributed by atoms with van der Waals surface area (Å²) >= 11 is 1.59. The Kier molecular flexibility index (Phi) is 3.41. The standard InChI is InChI=1S/C9H14O2S/c1-4-10-8-6-12-9(7(8)3)11-5-2/h6H,4-5H2,1-3H3. The van der Waals surface area contributed by atoms with Gasteiger partial charge in [-0.1, -0.05) is 0 Å². The van der Waals surface area contributed by atoms with Gasteiger partial charge in [0.2, 0.25) is 0 Å². The number of thiophene rings is 1. The van der Waals surface area contributed by atoms with Crippen LogP contribution in [0.5, 0.6) is 10.8 Å². The number of ether oxygens (including phenoxy) is 2. The third-order valence-corrected chi connectivity index (χ3v) is 2.49. The number of hydrogen-bond acceptors (Lipinski definition) is 3. The summed E-state index contributed by atoms with van der Waals surface area (Å²) in [4.78, 5) is 0. The Morgan fingerprint density at radius 1 is 1.25 bits per heavy atom. The average molecular weight is 186 g/mol. The van der Waals surface area contributed by atoms with E-state index in [9.17, 15) is 0 Å². The van der Waals surface area contributed by atoms with Gasteiger partial charge in [-0.25, -0.2) is 0 Å². The van der Waals surface area contributed by atoms with Crippen LogP contribution in [0.1, 0.15) is 19.4 Å². The molecule has 1 heterocycles. The average Bonchev–Trinajstić information content (AvgIpc) is 2.38. The molecule has 68 valence electrons. The van der Waals surface area contributed by atoms with Crippen molar-refractivity contribution in [1.82, 2.24) is 0 Å². The molecule has 0 fully saturated rings. The molecule has 1 aromatic heterocycles. The van der Waals surface area contributed by atoms with Crippen molar-refractivity contribution in [3.8, 4) is 10.8 Å². The van der Waals surface area contributed by atoms with Crippen molar-refractivity contribution in [3.63, 3.8) is 0 Å². The van der Waals surface area contributed by atoms with E-state index >= 15 is 0 Å². The third-order valence-electron chi connectivity index (χ3n) is 1.52. The Morgan fingerprint density at radius 3 is 2.50 bits per heavy atom. The van der Waals surface area contributed by atoms with Crippen LogP contribution in [0.3, 0.4) is 0 Å². The molecule has 0 atom stereocenters. The second-order valence-corrected chi connectivity index (χ2v) is 3.22. The maximum absolute atomic E-state index is 5.40. The molecule has 0 aliphatic carbocycles. The normalized spacial score (nSPS) is 9.92. The molecule has 0 saturated carbocycles. The Bertz CT molecular complexity index is 219. The third kappa shape index (κ3) is 1.91. The zero-order valence-corrected chi connectivity index (χ0v) is 8.53. The van der Waals surface area contributed by atoms with Gasteiger partial charge < -0.3 is 9.47 Å². The van der Waals surface area contributed by atoms with Gasteiger partial charge >= 0.3 is 0 Å². The molecule has 0 spiro atoms. The van der Waals surface area contributed by atoms with Gasteiger partial charge in [-0.3, -0.25) is 0 Å². The summed E-state index contributed by atoms with van der Waals surface area (Å²) in [6.07, 6.45) is 0. The highest BCUT2D eigenvalue weighted by atomic mass is 32.1. The van der Waals surface area contributed by atoms with Crippen LogP contribution in [-0.4, -0.2) is 13.2 Å². The van der Waals surface area contributed by atoms with Crippen molar-refractivity contribution in [2.75, 3.05) is 13.2 Å². The second kappa shape index (κ2) is 4.36. The minimum absolute atomic E-state index is 0.711. The van der Waals surface area contributed by atoms with E-state index in [2.05, 4.69) is 0 Å². The quantitative estimate of drug-likeness (QED) is 0.720. The van der Waals surface area contributed by atoms with E-state index in [-0.39, 0.29) is 0 Å². The first-order valence-corrected chi connectivity index (χ1v) is 5.01. The molecule has 12 heavy (non-hydrogen) atoms. The molecule has 0 aliphatic heterocycles. The van der Waals surface area contributed by atoms with Crippen molar-refractivity contribution in [2.24, 2.45) is 0 Å². The maximum Gasteiger partial charge on any atom is 0.180 e. The highest BCUT2D eigenvalue weighted by Crippen LogP contribution is 2.35. The Hall–Kier alpha value is -0.700. The molecule has 0 unspecified atom stereocenters. The van der Waals surface area contributed by atoms with Gasteiger partial charge in [0.05, 0.1) is 13.2 Å². The van der Waals surface area contributed by atoms with Crippen molar-refractivity contribution in [1.29, 1.82) is 0 Å². The van der Waals surface area contributed by atoms with Crippen LogP contribution in [0.15, 0.2) is 5.38 Å². The first-order chi connectivity index (χ1) is 5.79.